The lowest BCUT2D eigenvalue weighted by Crippen LogP contribution is -2.35. The molecule has 6 heteroatoms. The van der Waals surface area contributed by atoms with E-state index in [9.17, 15) is 9.59 Å². The largest absolute Gasteiger partial charge is 0.454 e. The second kappa shape index (κ2) is 8.33. The predicted octanol–water partition coefficient (Wildman–Crippen LogP) is 3.37. The van der Waals surface area contributed by atoms with Crippen LogP contribution in [0.3, 0.4) is 0 Å². The minimum atomic E-state index is -0.200. The van der Waals surface area contributed by atoms with Crippen LogP contribution in [0.25, 0.3) is 0 Å². The van der Waals surface area contributed by atoms with Crippen molar-refractivity contribution in [2.24, 2.45) is 0 Å². The van der Waals surface area contributed by atoms with Gasteiger partial charge in [-0.15, -0.1) is 0 Å². The van der Waals surface area contributed by atoms with Crippen LogP contribution in [0.5, 0.6) is 11.5 Å². The molecule has 1 aliphatic heterocycles. The van der Waals surface area contributed by atoms with Crippen molar-refractivity contribution in [1.82, 2.24) is 4.90 Å². The average Bonchev–Trinajstić information content (AvgIpc) is 3.10. The monoisotopic (exact) mass is 382 g/mol. The van der Waals surface area contributed by atoms with Crippen LogP contribution < -0.4 is 14.8 Å². The fourth-order valence-corrected chi connectivity index (χ4v) is 3.40. The van der Waals surface area contributed by atoms with Gasteiger partial charge in [0.25, 0.3) is 0 Å². The van der Waals surface area contributed by atoms with Crippen LogP contribution in [-0.2, 0) is 16.0 Å². The van der Waals surface area contributed by atoms with Crippen molar-refractivity contribution in [2.75, 3.05) is 25.7 Å². The Kier molecular flexibility index (Phi) is 5.87. The van der Waals surface area contributed by atoms with Crippen molar-refractivity contribution in [3.8, 4) is 11.5 Å². The maximum Gasteiger partial charge on any atom is 0.243 e. The van der Waals surface area contributed by atoms with E-state index in [0.29, 0.717) is 18.6 Å². The normalized spacial score (nSPS) is 12.0. The zero-order valence-corrected chi connectivity index (χ0v) is 16.8. The Balaban J connectivity index is 1.52. The molecule has 0 atom stereocenters. The maximum atomic E-state index is 12.4. The molecule has 1 aliphatic rings. The van der Waals surface area contributed by atoms with Gasteiger partial charge in [0.05, 0.1) is 6.54 Å². The summed E-state index contributed by atoms with van der Waals surface area (Å²) in [6.07, 6.45) is 0.906. The Bertz CT molecular complexity index is 884. The van der Waals surface area contributed by atoms with Gasteiger partial charge in [-0.05, 0) is 56.0 Å². The van der Waals surface area contributed by atoms with E-state index in [2.05, 4.69) is 5.32 Å². The zero-order valence-electron chi connectivity index (χ0n) is 16.8. The van der Waals surface area contributed by atoms with Crippen molar-refractivity contribution in [3.05, 3.63) is 52.6 Å². The quantitative estimate of drug-likeness (QED) is 0.832. The van der Waals surface area contributed by atoms with E-state index in [1.807, 2.05) is 51.1 Å². The Hall–Kier alpha value is -3.02. The first-order chi connectivity index (χ1) is 13.3. The summed E-state index contributed by atoms with van der Waals surface area (Å²) in [6, 6.07) is 9.74. The van der Waals surface area contributed by atoms with E-state index < -0.39 is 0 Å². The molecule has 0 spiro atoms. The summed E-state index contributed by atoms with van der Waals surface area (Å²) in [5.41, 5.74) is 5.01. The second-order valence-electron chi connectivity index (χ2n) is 7.26. The number of aryl methyl sites for hydroxylation is 4. The molecule has 2 aromatic rings. The molecule has 0 radical (unpaired) electrons. The van der Waals surface area contributed by atoms with Crippen LogP contribution in [-0.4, -0.2) is 37.1 Å². The van der Waals surface area contributed by atoms with Crippen LogP contribution in [0.15, 0.2) is 30.3 Å². The summed E-state index contributed by atoms with van der Waals surface area (Å²) in [4.78, 5) is 26.2. The standard InChI is InChI=1S/C22H26N2O4/c1-14-9-15(2)22(16(3)10-14)23-20(25)12-24(4)21(26)8-6-17-5-7-18-19(11-17)28-13-27-18/h5,7,9-11H,6,8,12-13H2,1-4H3,(H,23,25). The molecule has 0 aliphatic carbocycles. The molecule has 0 saturated heterocycles. The van der Waals surface area contributed by atoms with Gasteiger partial charge in [0.2, 0.25) is 18.6 Å². The molecule has 28 heavy (non-hydrogen) atoms. The van der Waals surface area contributed by atoms with Crippen molar-refractivity contribution in [2.45, 2.75) is 33.6 Å². The van der Waals surface area contributed by atoms with Gasteiger partial charge < -0.3 is 19.7 Å². The first kappa shape index (κ1) is 19.7. The molecule has 2 aromatic carbocycles. The topological polar surface area (TPSA) is 67.9 Å². The number of likely N-dealkylation sites (N-methyl/N-ethyl adjacent to an activating group) is 1. The fraction of sp³-hybridized carbons (Fsp3) is 0.364. The predicted molar refractivity (Wildman–Crippen MR) is 108 cm³/mol. The number of benzene rings is 2. The highest BCUT2D eigenvalue weighted by molar-refractivity contribution is 5.95. The molecule has 0 aromatic heterocycles. The van der Waals surface area contributed by atoms with Crippen LogP contribution in [0.4, 0.5) is 5.69 Å². The number of nitrogens with one attached hydrogen (secondary N) is 1. The molecule has 6 nitrogen and oxygen atoms in total. The van der Waals surface area contributed by atoms with Crippen LogP contribution in [0, 0.1) is 20.8 Å². The summed E-state index contributed by atoms with van der Waals surface area (Å²) >= 11 is 0. The van der Waals surface area contributed by atoms with Gasteiger partial charge in [-0.25, -0.2) is 0 Å². The number of anilines is 1. The first-order valence-electron chi connectivity index (χ1n) is 9.33. The van der Waals surface area contributed by atoms with E-state index >= 15 is 0 Å². The molecule has 0 fully saturated rings. The Labute approximate surface area is 165 Å². The third-order valence-electron chi connectivity index (χ3n) is 4.81. The van der Waals surface area contributed by atoms with Crippen molar-refractivity contribution in [3.63, 3.8) is 0 Å². The smallest absolute Gasteiger partial charge is 0.243 e. The summed E-state index contributed by atoms with van der Waals surface area (Å²) in [5, 5.41) is 2.93. The number of rotatable bonds is 6. The van der Waals surface area contributed by atoms with Gasteiger partial charge in [0.1, 0.15) is 0 Å². The molecule has 0 saturated carbocycles. The van der Waals surface area contributed by atoms with E-state index in [1.165, 1.54) is 4.90 Å². The maximum absolute atomic E-state index is 12.4. The molecular weight excluding hydrogens is 356 g/mol. The highest BCUT2D eigenvalue weighted by Gasteiger charge is 2.17. The molecule has 0 unspecified atom stereocenters. The first-order valence-corrected chi connectivity index (χ1v) is 9.33. The molecule has 148 valence electrons. The molecule has 0 bridgehead atoms. The lowest BCUT2D eigenvalue weighted by molar-refractivity contribution is -0.133. The highest BCUT2D eigenvalue weighted by Crippen LogP contribution is 2.32. The number of ether oxygens (including phenoxy) is 2. The molecular formula is C22H26N2O4. The van der Waals surface area contributed by atoms with E-state index in [4.69, 9.17) is 9.47 Å². The van der Waals surface area contributed by atoms with Crippen LogP contribution in [0.2, 0.25) is 0 Å². The van der Waals surface area contributed by atoms with Gasteiger partial charge in [-0.2, -0.15) is 0 Å². The number of fused-ring (bicyclic) bond motifs is 1. The lowest BCUT2D eigenvalue weighted by Gasteiger charge is -2.18. The number of amides is 2. The van der Waals surface area contributed by atoms with Gasteiger partial charge in [0.15, 0.2) is 11.5 Å². The number of hydrogen-bond donors (Lipinski definition) is 1. The van der Waals surface area contributed by atoms with Crippen molar-refractivity contribution in [1.29, 1.82) is 0 Å². The van der Waals surface area contributed by atoms with Gasteiger partial charge in [-0.1, -0.05) is 23.8 Å². The molecule has 1 N–H and O–H groups in total. The zero-order chi connectivity index (χ0) is 20.3. The number of hydrogen-bond acceptors (Lipinski definition) is 4. The highest BCUT2D eigenvalue weighted by atomic mass is 16.7. The molecule has 3 rings (SSSR count). The summed E-state index contributed by atoms with van der Waals surface area (Å²) in [7, 11) is 1.65. The van der Waals surface area contributed by atoms with Gasteiger partial charge in [0, 0.05) is 19.2 Å². The average molecular weight is 382 g/mol. The van der Waals surface area contributed by atoms with Crippen molar-refractivity contribution >= 4 is 17.5 Å². The van der Waals surface area contributed by atoms with E-state index in [1.54, 1.807) is 7.05 Å². The van der Waals surface area contributed by atoms with E-state index in [0.717, 1.165) is 33.7 Å². The molecule has 2 amide bonds. The third-order valence-corrected chi connectivity index (χ3v) is 4.81. The minimum Gasteiger partial charge on any atom is -0.454 e. The van der Waals surface area contributed by atoms with Gasteiger partial charge >= 0.3 is 0 Å². The number of carbonyl (C=O) groups is 2. The Morgan fingerprint density at radius 1 is 1.04 bits per heavy atom. The number of carbonyl (C=O) groups excluding carboxylic acids is 2. The Morgan fingerprint density at radius 3 is 2.43 bits per heavy atom. The Morgan fingerprint density at radius 2 is 1.71 bits per heavy atom. The van der Waals surface area contributed by atoms with Crippen LogP contribution in [0.1, 0.15) is 28.7 Å². The van der Waals surface area contributed by atoms with Crippen LogP contribution >= 0.6 is 0 Å². The summed E-state index contributed by atoms with van der Waals surface area (Å²) in [6.45, 7) is 6.21. The lowest BCUT2D eigenvalue weighted by atomic mass is 10.1. The SMILES string of the molecule is Cc1cc(C)c(NC(=O)CN(C)C(=O)CCc2ccc3c(c2)OCO3)c(C)c1. The minimum absolute atomic E-state index is 0.0206. The second-order valence-corrected chi connectivity index (χ2v) is 7.26. The fourth-order valence-electron chi connectivity index (χ4n) is 3.40. The van der Waals surface area contributed by atoms with E-state index in [-0.39, 0.29) is 25.2 Å². The van der Waals surface area contributed by atoms with Gasteiger partial charge in [-0.3, -0.25) is 9.59 Å². The molecule has 1 heterocycles. The third kappa shape index (κ3) is 4.63. The van der Waals surface area contributed by atoms with Crippen molar-refractivity contribution < 1.29 is 19.1 Å². The number of nitrogens with zero attached hydrogens (tertiary/aromatic N) is 1. The summed E-state index contributed by atoms with van der Waals surface area (Å²) < 4.78 is 10.6. The summed E-state index contributed by atoms with van der Waals surface area (Å²) in [5.74, 6) is 1.16.